The van der Waals surface area contributed by atoms with Crippen molar-refractivity contribution in [2.75, 3.05) is 5.32 Å². The van der Waals surface area contributed by atoms with Gasteiger partial charge in [0.15, 0.2) is 0 Å². The van der Waals surface area contributed by atoms with Crippen LogP contribution in [0.4, 0.5) is 5.69 Å². The maximum absolute atomic E-state index is 12.4. The smallest absolute Gasteiger partial charge is 0.228 e. The molecule has 0 heterocycles. The molecule has 25 heavy (non-hydrogen) atoms. The van der Waals surface area contributed by atoms with Gasteiger partial charge in [0, 0.05) is 12.2 Å². The second-order valence-electron chi connectivity index (χ2n) is 6.91. The van der Waals surface area contributed by atoms with Gasteiger partial charge in [-0.25, -0.2) is 0 Å². The molecule has 4 heteroatoms. The number of nitrogens with one attached hydrogen (secondary N) is 2. The summed E-state index contributed by atoms with van der Waals surface area (Å²) in [6.07, 6.45) is 0.621. The number of amides is 2. The first-order valence-electron chi connectivity index (χ1n) is 8.66. The molecule has 0 aliphatic heterocycles. The van der Waals surface area contributed by atoms with Gasteiger partial charge in [0.1, 0.15) is 0 Å². The predicted octanol–water partition coefficient (Wildman–Crippen LogP) is 3.50. The van der Waals surface area contributed by atoms with Gasteiger partial charge in [-0.2, -0.15) is 0 Å². The fourth-order valence-electron chi connectivity index (χ4n) is 3.14. The number of carbonyl (C=O) groups is 2. The van der Waals surface area contributed by atoms with Gasteiger partial charge in [0.2, 0.25) is 11.8 Å². The van der Waals surface area contributed by atoms with Crippen molar-refractivity contribution >= 4 is 17.5 Å². The van der Waals surface area contributed by atoms with Crippen molar-refractivity contribution in [3.8, 4) is 0 Å². The molecule has 130 valence electrons. The number of anilines is 1. The molecule has 0 spiro atoms. The summed E-state index contributed by atoms with van der Waals surface area (Å²) in [4.78, 5) is 24.7. The minimum absolute atomic E-state index is 0.0387. The molecule has 1 saturated carbocycles. The minimum atomic E-state index is -0.225. The third-order valence-corrected chi connectivity index (χ3v) is 4.74. The van der Waals surface area contributed by atoms with Crippen LogP contribution in [0.2, 0.25) is 0 Å². The normalized spacial score (nSPS) is 18.5. The van der Waals surface area contributed by atoms with Crippen LogP contribution in [0.5, 0.6) is 0 Å². The van der Waals surface area contributed by atoms with Gasteiger partial charge in [0.05, 0.1) is 11.8 Å². The molecule has 3 rings (SSSR count). The Balaban J connectivity index is 1.53. The Morgan fingerprint density at radius 1 is 0.960 bits per heavy atom. The molecular weight excluding hydrogens is 312 g/mol. The first-order chi connectivity index (χ1) is 12.0. The number of hydrogen-bond donors (Lipinski definition) is 2. The van der Waals surface area contributed by atoms with E-state index in [1.165, 1.54) is 5.56 Å². The summed E-state index contributed by atoms with van der Waals surface area (Å²) in [7, 11) is 0. The van der Waals surface area contributed by atoms with Crippen LogP contribution in [0.25, 0.3) is 0 Å². The van der Waals surface area contributed by atoms with Crippen LogP contribution in [-0.4, -0.2) is 11.8 Å². The van der Waals surface area contributed by atoms with Crippen molar-refractivity contribution in [2.24, 2.45) is 11.8 Å². The van der Waals surface area contributed by atoms with Crippen molar-refractivity contribution in [3.63, 3.8) is 0 Å². The molecule has 0 bridgehead atoms. The Labute approximate surface area is 148 Å². The van der Waals surface area contributed by atoms with E-state index in [0.717, 1.165) is 22.4 Å². The monoisotopic (exact) mass is 336 g/mol. The van der Waals surface area contributed by atoms with Crippen LogP contribution < -0.4 is 10.6 Å². The molecule has 1 fully saturated rings. The van der Waals surface area contributed by atoms with E-state index in [4.69, 9.17) is 0 Å². The quantitative estimate of drug-likeness (QED) is 0.878. The molecule has 0 saturated heterocycles. The highest BCUT2D eigenvalue weighted by Crippen LogP contribution is 2.40. The number of hydrogen-bond acceptors (Lipinski definition) is 2. The van der Waals surface area contributed by atoms with Gasteiger partial charge in [-0.1, -0.05) is 48.0 Å². The zero-order valence-corrected chi connectivity index (χ0v) is 14.9. The van der Waals surface area contributed by atoms with Gasteiger partial charge < -0.3 is 10.6 Å². The largest absolute Gasteiger partial charge is 0.352 e. The lowest BCUT2D eigenvalue weighted by Gasteiger charge is -2.11. The van der Waals surface area contributed by atoms with Crippen LogP contribution in [0, 0.1) is 32.6 Å². The van der Waals surface area contributed by atoms with Gasteiger partial charge >= 0.3 is 0 Å². The van der Waals surface area contributed by atoms with E-state index in [9.17, 15) is 9.59 Å². The molecule has 2 amide bonds. The van der Waals surface area contributed by atoms with Crippen LogP contribution in [0.3, 0.4) is 0 Å². The summed E-state index contributed by atoms with van der Waals surface area (Å²) >= 11 is 0. The summed E-state index contributed by atoms with van der Waals surface area (Å²) in [6, 6.07) is 14.0. The molecule has 0 aromatic heterocycles. The Bertz CT molecular complexity index is 793. The van der Waals surface area contributed by atoms with Crippen molar-refractivity contribution in [1.82, 2.24) is 5.32 Å². The molecule has 2 aromatic rings. The summed E-state index contributed by atoms with van der Waals surface area (Å²) in [5.74, 6) is -0.540. The molecular formula is C21H24N2O2. The topological polar surface area (TPSA) is 58.2 Å². The standard InChI is InChI=1S/C21H24N2O2/c1-13-6-4-9-16(10-13)12-22-20(24)17-11-18(17)21(25)23-19-14(2)7-5-8-15(19)3/h4-10,17-18H,11-12H2,1-3H3,(H,22,24)(H,23,25). The van der Waals surface area contributed by atoms with E-state index in [2.05, 4.69) is 16.7 Å². The van der Waals surface area contributed by atoms with Crippen molar-refractivity contribution < 1.29 is 9.59 Å². The van der Waals surface area contributed by atoms with E-state index in [-0.39, 0.29) is 23.7 Å². The number of carbonyl (C=O) groups excluding carboxylic acids is 2. The molecule has 0 radical (unpaired) electrons. The van der Waals surface area contributed by atoms with Gasteiger partial charge in [-0.3, -0.25) is 9.59 Å². The third-order valence-electron chi connectivity index (χ3n) is 4.74. The summed E-state index contributed by atoms with van der Waals surface area (Å²) in [5.41, 5.74) is 5.18. The molecule has 4 nitrogen and oxygen atoms in total. The van der Waals surface area contributed by atoms with Gasteiger partial charge in [-0.15, -0.1) is 0 Å². The van der Waals surface area contributed by atoms with Crippen LogP contribution in [-0.2, 0) is 16.1 Å². The first kappa shape index (κ1) is 17.2. The highest BCUT2D eigenvalue weighted by Gasteiger charge is 2.48. The maximum atomic E-state index is 12.4. The Kier molecular flexibility index (Phi) is 4.88. The van der Waals surface area contributed by atoms with Gasteiger partial charge in [-0.05, 0) is 43.9 Å². The van der Waals surface area contributed by atoms with E-state index in [0.29, 0.717) is 13.0 Å². The Hall–Kier alpha value is -2.62. The van der Waals surface area contributed by atoms with Gasteiger partial charge in [0.25, 0.3) is 0 Å². The molecule has 1 aliphatic rings. The highest BCUT2D eigenvalue weighted by atomic mass is 16.2. The summed E-state index contributed by atoms with van der Waals surface area (Å²) in [6.45, 7) is 6.48. The van der Waals surface area contributed by atoms with E-state index in [1.54, 1.807) is 0 Å². The fourth-order valence-corrected chi connectivity index (χ4v) is 3.14. The lowest BCUT2D eigenvalue weighted by atomic mass is 10.1. The van der Waals surface area contributed by atoms with E-state index >= 15 is 0 Å². The number of aryl methyl sites for hydroxylation is 3. The molecule has 2 atom stereocenters. The van der Waals surface area contributed by atoms with Crippen molar-refractivity contribution in [2.45, 2.75) is 33.7 Å². The Morgan fingerprint density at radius 3 is 2.28 bits per heavy atom. The SMILES string of the molecule is Cc1cccc(CNC(=O)C2CC2C(=O)Nc2c(C)cccc2C)c1. The predicted molar refractivity (Wildman–Crippen MR) is 99.2 cm³/mol. The third kappa shape index (κ3) is 4.08. The zero-order chi connectivity index (χ0) is 18.0. The van der Waals surface area contributed by atoms with Crippen LogP contribution in [0.1, 0.15) is 28.7 Å². The minimum Gasteiger partial charge on any atom is -0.352 e. The Morgan fingerprint density at radius 2 is 1.60 bits per heavy atom. The lowest BCUT2D eigenvalue weighted by Crippen LogP contribution is -2.27. The number of benzene rings is 2. The number of para-hydroxylation sites is 1. The molecule has 2 N–H and O–H groups in total. The van der Waals surface area contributed by atoms with E-state index < -0.39 is 0 Å². The fraction of sp³-hybridized carbons (Fsp3) is 0.333. The number of rotatable bonds is 5. The molecule has 2 unspecified atom stereocenters. The van der Waals surface area contributed by atoms with Crippen LogP contribution in [0.15, 0.2) is 42.5 Å². The average molecular weight is 336 g/mol. The molecule has 1 aliphatic carbocycles. The van der Waals surface area contributed by atoms with Crippen LogP contribution >= 0.6 is 0 Å². The first-order valence-corrected chi connectivity index (χ1v) is 8.66. The molecule has 2 aromatic carbocycles. The lowest BCUT2D eigenvalue weighted by molar-refractivity contribution is -0.125. The van der Waals surface area contributed by atoms with Crippen molar-refractivity contribution in [1.29, 1.82) is 0 Å². The second kappa shape index (κ2) is 7.09. The van der Waals surface area contributed by atoms with E-state index in [1.807, 2.05) is 57.2 Å². The highest BCUT2D eigenvalue weighted by molar-refractivity contribution is 6.00. The summed E-state index contributed by atoms with van der Waals surface area (Å²) in [5, 5.41) is 5.93. The zero-order valence-electron chi connectivity index (χ0n) is 14.9. The van der Waals surface area contributed by atoms with Crippen molar-refractivity contribution in [3.05, 3.63) is 64.7 Å². The average Bonchev–Trinajstić information content (AvgIpc) is 3.37. The maximum Gasteiger partial charge on any atom is 0.228 e. The summed E-state index contributed by atoms with van der Waals surface area (Å²) < 4.78 is 0. The second-order valence-corrected chi connectivity index (χ2v) is 6.91.